The van der Waals surface area contributed by atoms with Crippen molar-refractivity contribution in [1.29, 1.82) is 0 Å². The molecule has 0 saturated carbocycles. The number of hydrogen-bond donors (Lipinski definition) is 1. The number of nitrogens with zero attached hydrogens (tertiary/aromatic N) is 1. The maximum Gasteiger partial charge on any atom is 0.00385 e. The summed E-state index contributed by atoms with van der Waals surface area (Å²) in [6, 6.07) is 11.5. The Hall–Kier alpha value is -0.860. The summed E-state index contributed by atoms with van der Waals surface area (Å²) < 4.78 is 0. The van der Waals surface area contributed by atoms with Crippen molar-refractivity contribution in [3.8, 4) is 0 Å². The number of rotatable bonds is 5. The molecule has 1 saturated heterocycles. The zero-order valence-electron chi connectivity index (χ0n) is 12.4. The Kier molecular flexibility index (Phi) is 5.00. The van der Waals surface area contributed by atoms with Crippen molar-refractivity contribution in [2.24, 2.45) is 11.1 Å². The van der Waals surface area contributed by atoms with Crippen LogP contribution in [0.15, 0.2) is 30.3 Å². The molecule has 2 N–H and O–H groups in total. The number of likely N-dealkylation sites (tertiary alicyclic amines) is 1. The fourth-order valence-electron chi connectivity index (χ4n) is 3.13. The zero-order chi connectivity index (χ0) is 13.7. The maximum absolute atomic E-state index is 6.11. The first kappa shape index (κ1) is 14.5. The quantitative estimate of drug-likeness (QED) is 0.881. The largest absolute Gasteiger partial charge is 0.330 e. The molecule has 1 aromatic carbocycles. The number of benzene rings is 1. The average Bonchev–Trinajstić information content (AvgIpc) is 2.46. The van der Waals surface area contributed by atoms with Gasteiger partial charge in [0, 0.05) is 6.04 Å². The van der Waals surface area contributed by atoms with Crippen LogP contribution in [-0.2, 0) is 6.42 Å². The van der Waals surface area contributed by atoms with Crippen LogP contribution < -0.4 is 5.73 Å². The Balaban J connectivity index is 1.90. The molecule has 0 amide bonds. The highest BCUT2D eigenvalue weighted by molar-refractivity contribution is 5.15. The molecule has 0 aromatic heterocycles. The minimum atomic E-state index is 0.376. The van der Waals surface area contributed by atoms with Crippen molar-refractivity contribution < 1.29 is 0 Å². The van der Waals surface area contributed by atoms with Gasteiger partial charge in [-0.2, -0.15) is 0 Å². The first-order chi connectivity index (χ1) is 9.15. The summed E-state index contributed by atoms with van der Waals surface area (Å²) in [4.78, 5) is 2.58. The Morgan fingerprint density at radius 1 is 1.16 bits per heavy atom. The molecular formula is C17H28N2. The van der Waals surface area contributed by atoms with Gasteiger partial charge in [-0.1, -0.05) is 30.3 Å². The van der Waals surface area contributed by atoms with Crippen LogP contribution >= 0.6 is 0 Å². The lowest BCUT2D eigenvalue weighted by Crippen LogP contribution is -2.46. The number of aryl methyl sites for hydroxylation is 1. The Morgan fingerprint density at radius 3 is 2.32 bits per heavy atom. The van der Waals surface area contributed by atoms with Gasteiger partial charge in [0.1, 0.15) is 0 Å². The van der Waals surface area contributed by atoms with Crippen molar-refractivity contribution >= 4 is 0 Å². The third-order valence-corrected chi connectivity index (χ3v) is 4.81. The van der Waals surface area contributed by atoms with Crippen molar-refractivity contribution in [1.82, 2.24) is 4.90 Å². The third kappa shape index (κ3) is 3.80. The first-order valence-electron chi connectivity index (χ1n) is 7.63. The molecule has 0 bridgehead atoms. The summed E-state index contributed by atoms with van der Waals surface area (Å²) in [7, 11) is 0. The lowest BCUT2D eigenvalue weighted by molar-refractivity contribution is 0.0817. The minimum absolute atomic E-state index is 0.376. The molecule has 2 nitrogen and oxygen atoms in total. The SMILES string of the molecule is CC(C)N1CCC(CN)(CCc2ccccc2)CC1. The van der Waals surface area contributed by atoms with E-state index in [2.05, 4.69) is 49.1 Å². The number of hydrogen-bond acceptors (Lipinski definition) is 2. The van der Waals surface area contributed by atoms with Gasteiger partial charge < -0.3 is 10.6 Å². The van der Waals surface area contributed by atoms with Crippen LogP contribution in [0.3, 0.4) is 0 Å². The van der Waals surface area contributed by atoms with Gasteiger partial charge in [0.2, 0.25) is 0 Å². The molecule has 1 heterocycles. The topological polar surface area (TPSA) is 29.3 Å². The van der Waals surface area contributed by atoms with E-state index in [4.69, 9.17) is 5.73 Å². The van der Waals surface area contributed by atoms with Gasteiger partial charge in [-0.3, -0.25) is 0 Å². The molecule has 1 aromatic rings. The monoisotopic (exact) mass is 260 g/mol. The molecule has 0 spiro atoms. The molecule has 1 aliphatic rings. The van der Waals surface area contributed by atoms with Crippen LogP contribution in [0.4, 0.5) is 0 Å². The molecule has 0 radical (unpaired) electrons. The minimum Gasteiger partial charge on any atom is -0.330 e. The molecule has 2 heteroatoms. The van der Waals surface area contributed by atoms with Crippen molar-refractivity contribution in [3.63, 3.8) is 0 Å². The van der Waals surface area contributed by atoms with Gasteiger partial charge in [0.05, 0.1) is 0 Å². The molecule has 0 aliphatic carbocycles. The lowest BCUT2D eigenvalue weighted by atomic mass is 9.74. The molecule has 0 atom stereocenters. The van der Waals surface area contributed by atoms with E-state index in [1.165, 1.54) is 44.3 Å². The van der Waals surface area contributed by atoms with Gasteiger partial charge in [0.15, 0.2) is 0 Å². The highest BCUT2D eigenvalue weighted by Crippen LogP contribution is 2.35. The Bertz CT molecular complexity index is 364. The van der Waals surface area contributed by atoms with Gasteiger partial charge in [-0.25, -0.2) is 0 Å². The average molecular weight is 260 g/mol. The second-order valence-electron chi connectivity index (χ2n) is 6.32. The van der Waals surface area contributed by atoms with E-state index >= 15 is 0 Å². The van der Waals surface area contributed by atoms with Crippen LogP contribution in [0.2, 0.25) is 0 Å². The summed E-state index contributed by atoms with van der Waals surface area (Å²) in [6.45, 7) is 7.85. The second-order valence-corrected chi connectivity index (χ2v) is 6.32. The zero-order valence-corrected chi connectivity index (χ0v) is 12.4. The lowest BCUT2D eigenvalue weighted by Gasteiger charge is -2.43. The maximum atomic E-state index is 6.11. The molecule has 2 rings (SSSR count). The van der Waals surface area contributed by atoms with Crippen LogP contribution in [0.25, 0.3) is 0 Å². The summed E-state index contributed by atoms with van der Waals surface area (Å²) >= 11 is 0. The van der Waals surface area contributed by atoms with Gasteiger partial charge in [-0.15, -0.1) is 0 Å². The molecule has 106 valence electrons. The molecule has 19 heavy (non-hydrogen) atoms. The molecule has 1 fully saturated rings. The van der Waals surface area contributed by atoms with Crippen molar-refractivity contribution in [2.45, 2.75) is 45.6 Å². The van der Waals surface area contributed by atoms with E-state index in [-0.39, 0.29) is 0 Å². The van der Waals surface area contributed by atoms with E-state index in [1.54, 1.807) is 0 Å². The van der Waals surface area contributed by atoms with E-state index in [1.807, 2.05) is 0 Å². The predicted molar refractivity (Wildman–Crippen MR) is 82.2 cm³/mol. The van der Waals surface area contributed by atoms with Gasteiger partial charge in [-0.05, 0) is 70.1 Å². The highest BCUT2D eigenvalue weighted by atomic mass is 15.2. The summed E-state index contributed by atoms with van der Waals surface area (Å²) in [5.41, 5.74) is 7.93. The number of nitrogens with two attached hydrogens (primary N) is 1. The van der Waals surface area contributed by atoms with Crippen LogP contribution in [0.5, 0.6) is 0 Å². The fourth-order valence-corrected chi connectivity index (χ4v) is 3.13. The predicted octanol–water partition coefficient (Wildman–Crippen LogP) is 3.07. The summed E-state index contributed by atoms with van der Waals surface area (Å²) in [6.07, 6.45) is 4.92. The van der Waals surface area contributed by atoms with Crippen LogP contribution in [0, 0.1) is 5.41 Å². The normalized spacial score (nSPS) is 19.8. The summed E-state index contributed by atoms with van der Waals surface area (Å²) in [5, 5.41) is 0. The fraction of sp³-hybridized carbons (Fsp3) is 0.647. The summed E-state index contributed by atoms with van der Waals surface area (Å²) in [5.74, 6) is 0. The number of piperidine rings is 1. The van der Waals surface area contributed by atoms with Crippen molar-refractivity contribution in [3.05, 3.63) is 35.9 Å². The first-order valence-corrected chi connectivity index (χ1v) is 7.63. The standard InChI is InChI=1S/C17H28N2/c1-15(2)19-12-10-17(14-18,11-13-19)9-8-16-6-4-3-5-7-16/h3-7,15H,8-14,18H2,1-2H3. The Morgan fingerprint density at radius 2 is 1.79 bits per heavy atom. The smallest absolute Gasteiger partial charge is 0.00385 e. The van der Waals surface area contributed by atoms with E-state index in [9.17, 15) is 0 Å². The molecule has 0 unspecified atom stereocenters. The van der Waals surface area contributed by atoms with Gasteiger partial charge >= 0.3 is 0 Å². The van der Waals surface area contributed by atoms with Crippen LogP contribution in [0.1, 0.15) is 38.7 Å². The van der Waals surface area contributed by atoms with E-state index in [0.29, 0.717) is 11.5 Å². The van der Waals surface area contributed by atoms with E-state index < -0.39 is 0 Å². The van der Waals surface area contributed by atoms with Crippen LogP contribution in [-0.4, -0.2) is 30.6 Å². The second kappa shape index (κ2) is 6.53. The van der Waals surface area contributed by atoms with E-state index in [0.717, 1.165) is 6.54 Å². The van der Waals surface area contributed by atoms with Gasteiger partial charge in [0.25, 0.3) is 0 Å². The third-order valence-electron chi connectivity index (χ3n) is 4.81. The van der Waals surface area contributed by atoms with Crippen molar-refractivity contribution in [2.75, 3.05) is 19.6 Å². The Labute approximate surface area is 118 Å². The molecule has 1 aliphatic heterocycles. The highest BCUT2D eigenvalue weighted by Gasteiger charge is 2.33. The molecular weight excluding hydrogens is 232 g/mol.